The zero-order chi connectivity index (χ0) is 30.2. The van der Waals surface area contributed by atoms with E-state index >= 15 is 0 Å². The maximum absolute atomic E-state index is 12.9. The van der Waals surface area contributed by atoms with Crippen LogP contribution in [0.3, 0.4) is 0 Å². The van der Waals surface area contributed by atoms with Crippen molar-refractivity contribution in [1.82, 2.24) is 24.1 Å². The molecule has 5 aromatic rings. The summed E-state index contributed by atoms with van der Waals surface area (Å²) in [6.07, 6.45) is 2.27. The third kappa shape index (κ3) is 5.41. The Kier molecular flexibility index (Phi) is 7.91. The van der Waals surface area contributed by atoms with Crippen LogP contribution in [0, 0.1) is 6.92 Å². The summed E-state index contributed by atoms with van der Waals surface area (Å²) in [4.78, 5) is 22.4. The first-order valence-corrected chi connectivity index (χ1v) is 14.7. The Balaban J connectivity index is 1.62. The van der Waals surface area contributed by atoms with Gasteiger partial charge in [0.05, 0.1) is 31.7 Å². The van der Waals surface area contributed by atoms with Crippen molar-refractivity contribution in [3.63, 3.8) is 0 Å². The number of aliphatic hydroxyl groups excluding tert-OH is 1. The highest BCUT2D eigenvalue weighted by molar-refractivity contribution is 7.91. The maximum atomic E-state index is 12.9. The first kappa shape index (κ1) is 29.0. The van der Waals surface area contributed by atoms with Gasteiger partial charge < -0.3 is 19.5 Å². The van der Waals surface area contributed by atoms with Crippen LogP contribution in [0.4, 0.5) is 10.6 Å². The molecule has 0 atom stereocenters. The second-order valence-electron chi connectivity index (χ2n) is 9.47. The first-order valence-electron chi connectivity index (χ1n) is 12.7. The second-order valence-corrected chi connectivity index (χ2v) is 11.9. The van der Waals surface area contributed by atoms with Gasteiger partial charge in [-0.05, 0) is 36.2 Å². The van der Waals surface area contributed by atoms with Gasteiger partial charge >= 0.3 is 6.09 Å². The summed E-state index contributed by atoms with van der Waals surface area (Å²) in [5.41, 5.74) is 3.14. The summed E-state index contributed by atoms with van der Waals surface area (Å²) in [5.74, 6) is 0.526. The van der Waals surface area contributed by atoms with Crippen LogP contribution in [0.5, 0.6) is 5.75 Å². The number of carbonyl (C=O) groups is 1. The molecule has 12 nitrogen and oxygen atoms in total. The Morgan fingerprint density at radius 2 is 1.93 bits per heavy atom. The molecule has 0 radical (unpaired) electrons. The average Bonchev–Trinajstić information content (AvgIpc) is 3.53. The molecule has 2 N–H and O–H groups in total. The molecule has 0 saturated carbocycles. The number of methoxy groups -OCH3 is 1. The van der Waals surface area contributed by atoms with Crippen molar-refractivity contribution in [2.24, 2.45) is 7.05 Å². The molecule has 0 aliphatic heterocycles. The summed E-state index contributed by atoms with van der Waals surface area (Å²) >= 11 is 6.42. The van der Waals surface area contributed by atoms with E-state index in [1.807, 2.05) is 42.1 Å². The minimum atomic E-state index is -3.87. The lowest BCUT2D eigenvalue weighted by Gasteiger charge is -2.20. The van der Waals surface area contributed by atoms with Crippen LogP contribution < -0.4 is 9.64 Å². The van der Waals surface area contributed by atoms with E-state index in [0.717, 1.165) is 16.3 Å². The van der Waals surface area contributed by atoms with Crippen LogP contribution in [0.1, 0.15) is 11.3 Å². The van der Waals surface area contributed by atoms with Crippen LogP contribution in [-0.2, 0) is 23.4 Å². The van der Waals surface area contributed by atoms with E-state index in [0.29, 0.717) is 22.4 Å². The quantitative estimate of drug-likeness (QED) is 0.234. The number of imidazole rings is 1. The van der Waals surface area contributed by atoms with Gasteiger partial charge in [-0.2, -0.15) is 9.61 Å². The van der Waals surface area contributed by atoms with Crippen molar-refractivity contribution < 1.29 is 28.2 Å². The monoisotopic (exact) mass is 610 g/mol. The van der Waals surface area contributed by atoms with Gasteiger partial charge in [0.25, 0.3) is 0 Å². The third-order valence-electron chi connectivity index (χ3n) is 6.72. The normalized spacial score (nSPS) is 11.6. The number of hydrogen-bond donors (Lipinski definition) is 2. The zero-order valence-corrected chi connectivity index (χ0v) is 24.5. The summed E-state index contributed by atoms with van der Waals surface area (Å²) in [5, 5.41) is 24.2. The van der Waals surface area contributed by atoms with Crippen LogP contribution in [0.2, 0.25) is 5.15 Å². The number of benzene rings is 2. The molecular weight excluding hydrogens is 584 g/mol. The first-order chi connectivity index (χ1) is 20.0. The highest BCUT2D eigenvalue weighted by atomic mass is 35.5. The van der Waals surface area contributed by atoms with Gasteiger partial charge in [0.15, 0.2) is 15.5 Å². The highest BCUT2D eigenvalue weighted by Gasteiger charge is 2.26. The Labute approximate surface area is 246 Å². The number of rotatable bonds is 9. The molecule has 2 aromatic carbocycles. The molecule has 218 valence electrons. The topological polar surface area (TPSA) is 152 Å². The van der Waals surface area contributed by atoms with Crippen LogP contribution >= 0.6 is 11.6 Å². The summed E-state index contributed by atoms with van der Waals surface area (Å²) < 4.78 is 34.2. The molecule has 3 aromatic heterocycles. The number of nitrogens with zero attached hydrogens (tertiary/aromatic N) is 6. The molecule has 0 aliphatic rings. The summed E-state index contributed by atoms with van der Waals surface area (Å²) in [6, 6.07) is 13.4. The number of ether oxygens (including phenoxy) is 1. The Morgan fingerprint density at radius 3 is 2.60 bits per heavy atom. The minimum absolute atomic E-state index is 0.0216. The predicted octanol–water partition coefficient (Wildman–Crippen LogP) is 4.22. The molecule has 0 fully saturated rings. The number of aryl methyl sites for hydroxylation is 2. The standard InChI is InChI=1S/C28H27ClN6O6S/c1-17-25(19-7-8-21(41-3)22(14-19)42(39,40)12-11-36)27-31-23(29)15-24(35(27)32-17)34(28(37)38)16-18-5-4-6-20(13-18)26-30-9-10-33(26)2/h4-10,13-15,36H,11-12,16H2,1-3H3,(H,37,38). The fourth-order valence-corrected chi connectivity index (χ4v) is 6.20. The van der Waals surface area contributed by atoms with Gasteiger partial charge in [0.2, 0.25) is 0 Å². The second kappa shape index (κ2) is 11.4. The molecule has 0 saturated heterocycles. The largest absolute Gasteiger partial charge is 0.495 e. The van der Waals surface area contributed by atoms with Gasteiger partial charge in [-0.15, -0.1) is 0 Å². The Bertz CT molecular complexity index is 1920. The van der Waals surface area contributed by atoms with Crippen molar-refractivity contribution in [2.45, 2.75) is 18.4 Å². The number of amides is 1. The van der Waals surface area contributed by atoms with E-state index in [2.05, 4.69) is 15.1 Å². The zero-order valence-electron chi connectivity index (χ0n) is 22.9. The van der Waals surface area contributed by atoms with Crippen molar-refractivity contribution in [3.05, 3.63) is 77.3 Å². The average molecular weight is 611 g/mol. The SMILES string of the molecule is COc1ccc(-c2c(C)nn3c(N(Cc4cccc(-c5nccn5C)c4)C(=O)O)cc(Cl)nc23)cc1S(=O)(=O)CCO. The minimum Gasteiger partial charge on any atom is -0.495 e. The third-order valence-corrected chi connectivity index (χ3v) is 8.62. The molecule has 0 aliphatic carbocycles. The van der Waals surface area contributed by atoms with Crippen molar-refractivity contribution in [2.75, 3.05) is 24.4 Å². The smallest absolute Gasteiger partial charge is 0.413 e. The van der Waals surface area contributed by atoms with Gasteiger partial charge in [-0.25, -0.2) is 23.2 Å². The van der Waals surface area contributed by atoms with Gasteiger partial charge in [-0.1, -0.05) is 35.9 Å². The van der Waals surface area contributed by atoms with E-state index in [1.54, 1.807) is 19.2 Å². The lowest BCUT2D eigenvalue weighted by Crippen LogP contribution is -2.30. The number of anilines is 1. The molecule has 42 heavy (non-hydrogen) atoms. The molecule has 3 heterocycles. The Morgan fingerprint density at radius 1 is 1.14 bits per heavy atom. The fraction of sp³-hybridized carbons (Fsp3) is 0.214. The number of aliphatic hydroxyl groups is 1. The van der Waals surface area contributed by atoms with Crippen LogP contribution in [-0.4, -0.2) is 68.3 Å². The van der Waals surface area contributed by atoms with Crippen molar-refractivity contribution >= 4 is 39.0 Å². The predicted molar refractivity (Wildman–Crippen MR) is 157 cm³/mol. The van der Waals surface area contributed by atoms with E-state index in [4.69, 9.17) is 16.3 Å². The summed E-state index contributed by atoms with van der Waals surface area (Å²) in [6.45, 7) is 1.13. The number of hydrogen-bond acceptors (Lipinski definition) is 8. The number of halogens is 1. The van der Waals surface area contributed by atoms with Crippen molar-refractivity contribution in [1.29, 1.82) is 0 Å². The van der Waals surface area contributed by atoms with E-state index < -0.39 is 28.3 Å². The number of fused-ring (bicyclic) bond motifs is 1. The van der Waals surface area contributed by atoms with E-state index in [9.17, 15) is 23.4 Å². The van der Waals surface area contributed by atoms with Gasteiger partial charge in [0.1, 0.15) is 27.4 Å². The number of sulfone groups is 1. The van der Waals surface area contributed by atoms with E-state index in [-0.39, 0.29) is 33.8 Å². The maximum Gasteiger partial charge on any atom is 0.413 e. The molecule has 0 spiro atoms. The Hall–Kier alpha value is -4.46. The van der Waals surface area contributed by atoms with Crippen molar-refractivity contribution in [3.8, 4) is 28.3 Å². The molecule has 5 rings (SSSR count). The highest BCUT2D eigenvalue weighted by Crippen LogP contribution is 2.36. The number of carboxylic acid groups (broad SMARTS) is 1. The van der Waals surface area contributed by atoms with Gasteiger partial charge in [0, 0.05) is 36.6 Å². The molecule has 0 bridgehead atoms. The lowest BCUT2D eigenvalue weighted by atomic mass is 10.1. The molecule has 0 unspecified atom stereocenters. The molecule has 14 heteroatoms. The number of aromatic nitrogens is 5. The van der Waals surface area contributed by atoms with E-state index in [1.165, 1.54) is 29.8 Å². The van der Waals surface area contributed by atoms with Crippen LogP contribution in [0.15, 0.2) is 65.8 Å². The van der Waals surface area contributed by atoms with Crippen LogP contribution in [0.25, 0.3) is 28.2 Å². The molecule has 1 amide bonds. The fourth-order valence-electron chi connectivity index (χ4n) is 4.80. The molecular formula is C28H27ClN6O6S. The lowest BCUT2D eigenvalue weighted by molar-refractivity contribution is 0.201. The summed E-state index contributed by atoms with van der Waals surface area (Å²) in [7, 11) is -0.642. The van der Waals surface area contributed by atoms with Gasteiger partial charge in [-0.3, -0.25) is 4.90 Å².